The fourth-order valence-corrected chi connectivity index (χ4v) is 4.38. The minimum absolute atomic E-state index is 0.0334. The number of carbonyl (C=O) groups excluding carboxylic acids is 2. The molecule has 1 atom stereocenters. The van der Waals surface area contributed by atoms with Crippen LogP contribution in [0.5, 0.6) is 0 Å². The summed E-state index contributed by atoms with van der Waals surface area (Å²) in [5.74, 6) is 0.552. The zero-order chi connectivity index (χ0) is 20.3. The normalized spacial score (nSPS) is 19.2. The molecule has 2 aliphatic heterocycles. The fourth-order valence-electron chi connectivity index (χ4n) is 3.36. The summed E-state index contributed by atoms with van der Waals surface area (Å²) in [5.41, 5.74) is 2.94. The number of esters is 1. The largest absolute Gasteiger partial charge is 0.463 e. The van der Waals surface area contributed by atoms with Crippen LogP contribution in [0, 0.1) is 5.92 Å². The Morgan fingerprint density at radius 2 is 2.18 bits per heavy atom. The molecule has 1 aromatic carbocycles. The van der Waals surface area contributed by atoms with Crippen molar-refractivity contribution in [3.63, 3.8) is 0 Å². The highest BCUT2D eigenvalue weighted by Crippen LogP contribution is 2.40. The van der Waals surface area contributed by atoms with E-state index in [1.807, 2.05) is 45.0 Å². The molecule has 1 aromatic rings. The van der Waals surface area contributed by atoms with Gasteiger partial charge in [0.1, 0.15) is 0 Å². The number of hydrogen-bond acceptors (Lipinski definition) is 6. The van der Waals surface area contributed by atoms with Gasteiger partial charge in [0.05, 0.1) is 23.9 Å². The maximum absolute atomic E-state index is 12.8. The highest BCUT2D eigenvalue weighted by Gasteiger charge is 2.37. The molecule has 6 nitrogen and oxygen atoms in total. The highest BCUT2D eigenvalue weighted by molar-refractivity contribution is 8.13. The van der Waals surface area contributed by atoms with Crippen molar-refractivity contribution < 1.29 is 14.3 Å². The van der Waals surface area contributed by atoms with E-state index >= 15 is 0 Å². The molecule has 28 heavy (non-hydrogen) atoms. The van der Waals surface area contributed by atoms with Gasteiger partial charge in [0, 0.05) is 23.9 Å². The molecule has 1 unspecified atom stereocenters. The monoisotopic (exact) mass is 401 g/mol. The molecule has 150 valence electrons. The predicted molar refractivity (Wildman–Crippen MR) is 113 cm³/mol. The highest BCUT2D eigenvalue weighted by atomic mass is 32.2. The number of benzene rings is 1. The van der Waals surface area contributed by atoms with Crippen LogP contribution in [0.25, 0.3) is 0 Å². The van der Waals surface area contributed by atoms with Crippen molar-refractivity contribution >= 4 is 34.5 Å². The lowest BCUT2D eigenvalue weighted by molar-refractivity contribution is -0.139. The van der Waals surface area contributed by atoms with Crippen molar-refractivity contribution in [3.05, 3.63) is 41.1 Å². The van der Waals surface area contributed by atoms with Crippen LogP contribution in [0.2, 0.25) is 0 Å². The first kappa shape index (κ1) is 20.5. The number of rotatable bonds is 5. The van der Waals surface area contributed by atoms with E-state index in [-0.39, 0.29) is 23.8 Å². The molecule has 1 amide bonds. The van der Waals surface area contributed by atoms with Crippen LogP contribution in [0.3, 0.4) is 0 Å². The molecule has 1 fully saturated rings. The molecular weight excluding hydrogens is 374 g/mol. The number of anilines is 1. The third kappa shape index (κ3) is 4.24. The summed E-state index contributed by atoms with van der Waals surface area (Å²) in [5, 5.41) is 3.89. The molecule has 1 N–H and O–H groups in total. The van der Waals surface area contributed by atoms with Crippen molar-refractivity contribution in [3.8, 4) is 0 Å². The van der Waals surface area contributed by atoms with Gasteiger partial charge in [0.25, 0.3) is 0 Å². The Morgan fingerprint density at radius 1 is 1.39 bits per heavy atom. The van der Waals surface area contributed by atoms with Gasteiger partial charge >= 0.3 is 5.97 Å². The Balaban J connectivity index is 2.02. The summed E-state index contributed by atoms with van der Waals surface area (Å²) in [6.07, 6.45) is 1.03. The first-order valence-corrected chi connectivity index (χ1v) is 10.7. The lowest BCUT2D eigenvalue weighted by Gasteiger charge is -2.40. The number of aliphatic imine (C=N–C) groups is 1. The number of carbonyl (C=O) groups is 2. The SMILES string of the molecule is CCOC(=O)C1=C(C)N=C2SCCCN2C1c1cccc(NC(=O)C(C)C)c1. The number of fused-ring (bicyclic) bond motifs is 1. The smallest absolute Gasteiger partial charge is 0.338 e. The van der Waals surface area contributed by atoms with Gasteiger partial charge in [-0.2, -0.15) is 0 Å². The number of allylic oxidation sites excluding steroid dienone is 1. The Labute approximate surface area is 170 Å². The van der Waals surface area contributed by atoms with Gasteiger partial charge in [-0.1, -0.05) is 37.7 Å². The number of nitrogens with zero attached hydrogens (tertiary/aromatic N) is 2. The summed E-state index contributed by atoms with van der Waals surface area (Å²) in [7, 11) is 0. The number of amides is 1. The minimum atomic E-state index is -0.333. The van der Waals surface area contributed by atoms with Crippen LogP contribution < -0.4 is 5.32 Å². The third-order valence-corrected chi connectivity index (χ3v) is 5.82. The van der Waals surface area contributed by atoms with Gasteiger partial charge < -0.3 is 15.0 Å². The molecule has 2 aliphatic rings. The third-order valence-electron chi connectivity index (χ3n) is 4.75. The van der Waals surface area contributed by atoms with E-state index in [2.05, 4.69) is 15.2 Å². The van der Waals surface area contributed by atoms with Crippen molar-refractivity contribution in [2.24, 2.45) is 10.9 Å². The molecule has 2 heterocycles. The van der Waals surface area contributed by atoms with E-state index < -0.39 is 0 Å². The van der Waals surface area contributed by atoms with Gasteiger partial charge in [-0.05, 0) is 38.0 Å². The summed E-state index contributed by atoms with van der Waals surface area (Å²) < 4.78 is 5.34. The van der Waals surface area contributed by atoms with E-state index in [0.717, 1.165) is 35.1 Å². The second kappa shape index (κ2) is 8.82. The van der Waals surface area contributed by atoms with E-state index in [4.69, 9.17) is 4.74 Å². The average molecular weight is 402 g/mol. The zero-order valence-corrected chi connectivity index (χ0v) is 17.6. The summed E-state index contributed by atoms with van der Waals surface area (Å²) in [4.78, 5) is 31.7. The molecular formula is C21H27N3O3S. The van der Waals surface area contributed by atoms with E-state index in [1.165, 1.54) is 0 Å². The summed E-state index contributed by atoms with van der Waals surface area (Å²) in [6.45, 7) is 8.54. The molecule has 0 bridgehead atoms. The van der Waals surface area contributed by atoms with Gasteiger partial charge in [0.15, 0.2) is 5.17 Å². The van der Waals surface area contributed by atoms with E-state index in [0.29, 0.717) is 17.9 Å². The fraction of sp³-hybridized carbons (Fsp3) is 0.476. The van der Waals surface area contributed by atoms with Crippen LogP contribution in [0.4, 0.5) is 5.69 Å². The minimum Gasteiger partial charge on any atom is -0.463 e. The van der Waals surface area contributed by atoms with Crippen molar-refractivity contribution in [2.75, 3.05) is 24.2 Å². The van der Waals surface area contributed by atoms with Crippen LogP contribution in [0.15, 0.2) is 40.5 Å². The van der Waals surface area contributed by atoms with Gasteiger partial charge in [-0.25, -0.2) is 9.79 Å². The molecule has 0 aromatic heterocycles. The lowest BCUT2D eigenvalue weighted by Crippen LogP contribution is -2.42. The first-order chi connectivity index (χ1) is 13.4. The second-order valence-electron chi connectivity index (χ2n) is 7.18. The Kier molecular flexibility index (Phi) is 6.44. The Bertz CT molecular complexity index is 832. The molecule has 1 saturated heterocycles. The van der Waals surface area contributed by atoms with Crippen LogP contribution in [0.1, 0.15) is 45.7 Å². The summed E-state index contributed by atoms with van der Waals surface area (Å²) in [6, 6.07) is 7.44. The molecule has 7 heteroatoms. The average Bonchev–Trinajstić information content (AvgIpc) is 2.67. The van der Waals surface area contributed by atoms with Crippen LogP contribution >= 0.6 is 11.8 Å². The standard InChI is InChI=1S/C21H27N3O3S/c1-5-27-20(26)17-14(4)22-21-24(10-7-11-28-21)18(17)15-8-6-9-16(12-15)23-19(25)13(2)3/h6,8-9,12-13,18H,5,7,10-11H2,1-4H3,(H,23,25). The summed E-state index contributed by atoms with van der Waals surface area (Å²) >= 11 is 1.72. The topological polar surface area (TPSA) is 71.0 Å². The molecule has 3 rings (SSSR count). The molecule has 0 saturated carbocycles. The van der Waals surface area contributed by atoms with Gasteiger partial charge in [-0.15, -0.1) is 0 Å². The number of amidine groups is 1. The lowest BCUT2D eigenvalue weighted by atomic mass is 9.94. The maximum Gasteiger partial charge on any atom is 0.338 e. The number of ether oxygens (including phenoxy) is 1. The van der Waals surface area contributed by atoms with Crippen molar-refractivity contribution in [2.45, 2.75) is 40.2 Å². The number of nitrogens with one attached hydrogen (secondary N) is 1. The number of thioether (sulfide) groups is 1. The first-order valence-electron chi connectivity index (χ1n) is 9.69. The second-order valence-corrected chi connectivity index (χ2v) is 8.24. The van der Waals surface area contributed by atoms with Crippen LogP contribution in [-0.2, 0) is 14.3 Å². The van der Waals surface area contributed by atoms with Gasteiger partial charge in [0.2, 0.25) is 5.91 Å². The van der Waals surface area contributed by atoms with Crippen molar-refractivity contribution in [1.29, 1.82) is 0 Å². The van der Waals surface area contributed by atoms with Crippen LogP contribution in [-0.4, -0.2) is 40.8 Å². The Hall–Kier alpha value is -2.28. The molecule has 0 radical (unpaired) electrons. The van der Waals surface area contributed by atoms with E-state index in [1.54, 1.807) is 18.7 Å². The van der Waals surface area contributed by atoms with E-state index in [9.17, 15) is 9.59 Å². The predicted octanol–water partition coefficient (Wildman–Crippen LogP) is 3.97. The maximum atomic E-state index is 12.8. The molecule has 0 spiro atoms. The van der Waals surface area contributed by atoms with Gasteiger partial charge in [-0.3, -0.25) is 4.79 Å². The zero-order valence-electron chi connectivity index (χ0n) is 16.8. The molecule has 0 aliphatic carbocycles. The quantitative estimate of drug-likeness (QED) is 0.756. The number of hydrogen-bond donors (Lipinski definition) is 1. The van der Waals surface area contributed by atoms with Crippen molar-refractivity contribution in [1.82, 2.24) is 4.90 Å². The Morgan fingerprint density at radius 3 is 2.89 bits per heavy atom.